The van der Waals surface area contributed by atoms with Crippen LogP contribution in [0.1, 0.15) is 29.2 Å². The third-order valence-electron chi connectivity index (χ3n) is 5.69. The zero-order chi connectivity index (χ0) is 22.7. The van der Waals surface area contributed by atoms with Gasteiger partial charge in [0.1, 0.15) is 5.75 Å². The maximum absolute atomic E-state index is 13.3. The number of carbonyl (C=O) groups is 2. The maximum atomic E-state index is 13.3. The normalized spacial score (nSPS) is 15.9. The van der Waals surface area contributed by atoms with Crippen molar-refractivity contribution >= 4 is 17.4 Å². The lowest BCUT2D eigenvalue weighted by Gasteiger charge is -2.28. The molecule has 0 spiro atoms. The standard InChI is InChI=1S/C27H25NO4/c1-18-9-8-12-20(17-18)25-24(22(29)16-15-19-10-4-3-5-11-19)26(30)27(31)28(25)21-13-6-7-14-23(21)32-2/h3-14,17,25,30H,15-16H2,1-2H3. The number of amides is 1. The Kier molecular flexibility index (Phi) is 6.08. The van der Waals surface area contributed by atoms with Gasteiger partial charge in [-0.1, -0.05) is 72.3 Å². The van der Waals surface area contributed by atoms with Crippen molar-refractivity contribution in [1.82, 2.24) is 0 Å². The van der Waals surface area contributed by atoms with Crippen molar-refractivity contribution in [3.05, 3.63) is 107 Å². The molecule has 0 bridgehead atoms. The van der Waals surface area contributed by atoms with Gasteiger partial charge in [0.25, 0.3) is 5.91 Å². The summed E-state index contributed by atoms with van der Waals surface area (Å²) in [5.74, 6) is -0.863. The number of aliphatic hydroxyl groups excluding tert-OH is 1. The first-order valence-electron chi connectivity index (χ1n) is 10.5. The van der Waals surface area contributed by atoms with E-state index in [4.69, 9.17) is 4.74 Å². The minimum atomic E-state index is -0.734. The van der Waals surface area contributed by atoms with Gasteiger partial charge in [0.2, 0.25) is 0 Å². The second-order valence-corrected chi connectivity index (χ2v) is 7.83. The summed E-state index contributed by atoms with van der Waals surface area (Å²) in [5.41, 5.74) is 3.42. The summed E-state index contributed by atoms with van der Waals surface area (Å²) in [5, 5.41) is 10.8. The Morgan fingerprint density at radius 1 is 1.00 bits per heavy atom. The zero-order valence-corrected chi connectivity index (χ0v) is 18.1. The lowest BCUT2D eigenvalue weighted by Crippen LogP contribution is -2.31. The smallest absolute Gasteiger partial charge is 0.294 e. The first kappa shape index (κ1) is 21.4. The Labute approximate surface area is 187 Å². The molecule has 1 aliphatic rings. The number of methoxy groups -OCH3 is 1. The molecule has 1 atom stereocenters. The van der Waals surface area contributed by atoms with E-state index in [0.717, 1.165) is 16.7 Å². The highest BCUT2D eigenvalue weighted by Crippen LogP contribution is 2.44. The average molecular weight is 428 g/mol. The van der Waals surface area contributed by atoms with Crippen molar-refractivity contribution in [3.8, 4) is 5.75 Å². The molecule has 3 aromatic carbocycles. The van der Waals surface area contributed by atoms with Crippen molar-refractivity contribution in [3.63, 3.8) is 0 Å². The van der Waals surface area contributed by atoms with E-state index in [9.17, 15) is 14.7 Å². The van der Waals surface area contributed by atoms with Crippen molar-refractivity contribution in [2.24, 2.45) is 0 Å². The van der Waals surface area contributed by atoms with Crippen LogP contribution in [-0.2, 0) is 16.0 Å². The van der Waals surface area contributed by atoms with Crippen LogP contribution in [0.25, 0.3) is 0 Å². The van der Waals surface area contributed by atoms with Crippen molar-refractivity contribution in [1.29, 1.82) is 0 Å². The van der Waals surface area contributed by atoms with Gasteiger partial charge >= 0.3 is 0 Å². The fourth-order valence-corrected chi connectivity index (χ4v) is 4.16. The summed E-state index contributed by atoms with van der Waals surface area (Å²) in [6.45, 7) is 1.95. The van der Waals surface area contributed by atoms with Crippen LogP contribution in [0.5, 0.6) is 5.75 Å². The first-order valence-corrected chi connectivity index (χ1v) is 10.5. The van der Waals surface area contributed by atoms with Crippen molar-refractivity contribution in [2.75, 3.05) is 12.0 Å². The fraction of sp³-hybridized carbons (Fsp3) is 0.185. The van der Waals surface area contributed by atoms with Crippen LogP contribution < -0.4 is 9.64 Å². The summed E-state index contributed by atoms with van der Waals surface area (Å²) in [6.07, 6.45) is 0.721. The van der Waals surface area contributed by atoms with E-state index in [1.54, 1.807) is 18.2 Å². The molecular formula is C27H25NO4. The topological polar surface area (TPSA) is 66.8 Å². The number of para-hydroxylation sites is 2. The Hall–Kier alpha value is -3.86. The Morgan fingerprint density at radius 3 is 2.44 bits per heavy atom. The molecule has 32 heavy (non-hydrogen) atoms. The van der Waals surface area contributed by atoms with E-state index < -0.39 is 17.7 Å². The lowest BCUT2D eigenvalue weighted by atomic mass is 9.92. The highest BCUT2D eigenvalue weighted by molar-refractivity contribution is 6.17. The SMILES string of the molecule is COc1ccccc1N1C(=O)C(O)=C(C(=O)CCc2ccccc2)C1c1cccc(C)c1. The Balaban J connectivity index is 1.76. The Morgan fingerprint density at radius 2 is 1.72 bits per heavy atom. The van der Waals surface area contributed by atoms with Crippen LogP contribution in [0.2, 0.25) is 0 Å². The van der Waals surface area contributed by atoms with Crippen LogP contribution in [0.3, 0.4) is 0 Å². The predicted molar refractivity (Wildman–Crippen MR) is 124 cm³/mol. The van der Waals surface area contributed by atoms with Gasteiger partial charge in [0.15, 0.2) is 11.5 Å². The zero-order valence-electron chi connectivity index (χ0n) is 18.1. The van der Waals surface area contributed by atoms with Crippen LogP contribution in [-0.4, -0.2) is 23.9 Å². The number of rotatable bonds is 7. The minimum Gasteiger partial charge on any atom is -0.503 e. The van der Waals surface area contributed by atoms with Gasteiger partial charge in [-0.3, -0.25) is 14.5 Å². The van der Waals surface area contributed by atoms with Crippen LogP contribution in [0.15, 0.2) is 90.2 Å². The van der Waals surface area contributed by atoms with E-state index in [0.29, 0.717) is 17.9 Å². The highest BCUT2D eigenvalue weighted by Gasteiger charge is 2.44. The molecule has 5 heteroatoms. The van der Waals surface area contributed by atoms with E-state index >= 15 is 0 Å². The van der Waals surface area contributed by atoms with Gasteiger partial charge in [-0.15, -0.1) is 0 Å². The number of carbonyl (C=O) groups excluding carboxylic acids is 2. The molecule has 0 aromatic heterocycles. The van der Waals surface area contributed by atoms with Crippen molar-refractivity contribution in [2.45, 2.75) is 25.8 Å². The number of benzene rings is 3. The molecule has 1 aliphatic heterocycles. The molecule has 5 nitrogen and oxygen atoms in total. The number of hydrogen-bond donors (Lipinski definition) is 1. The van der Waals surface area contributed by atoms with E-state index in [-0.39, 0.29) is 17.8 Å². The van der Waals surface area contributed by atoms with Crippen molar-refractivity contribution < 1.29 is 19.4 Å². The highest BCUT2D eigenvalue weighted by atomic mass is 16.5. The molecule has 0 saturated carbocycles. The quantitative estimate of drug-likeness (QED) is 0.569. The van der Waals surface area contributed by atoms with Crippen LogP contribution in [0.4, 0.5) is 5.69 Å². The molecule has 0 saturated heterocycles. The fourth-order valence-electron chi connectivity index (χ4n) is 4.16. The van der Waals surface area contributed by atoms with Gasteiger partial charge in [0.05, 0.1) is 24.4 Å². The molecule has 1 amide bonds. The third-order valence-corrected chi connectivity index (χ3v) is 5.69. The van der Waals surface area contributed by atoms with Crippen LogP contribution >= 0.6 is 0 Å². The molecule has 162 valence electrons. The van der Waals surface area contributed by atoms with E-state index in [1.165, 1.54) is 12.0 Å². The number of aryl methyl sites for hydroxylation is 2. The largest absolute Gasteiger partial charge is 0.503 e. The molecule has 1 N–H and O–H groups in total. The van der Waals surface area contributed by atoms with E-state index in [1.807, 2.05) is 67.6 Å². The molecule has 4 rings (SSSR count). The summed E-state index contributed by atoms with van der Waals surface area (Å²) in [7, 11) is 1.53. The second kappa shape index (κ2) is 9.10. The number of aliphatic hydroxyl groups is 1. The molecule has 1 unspecified atom stereocenters. The van der Waals surface area contributed by atoms with E-state index in [2.05, 4.69) is 0 Å². The number of ether oxygens (including phenoxy) is 1. The summed E-state index contributed by atoms with van der Waals surface area (Å²) < 4.78 is 5.47. The number of anilines is 1. The van der Waals surface area contributed by atoms with Gasteiger partial charge in [-0.2, -0.15) is 0 Å². The van der Waals surface area contributed by atoms with Gasteiger partial charge in [0, 0.05) is 6.42 Å². The van der Waals surface area contributed by atoms with Gasteiger partial charge < -0.3 is 9.84 Å². The van der Waals surface area contributed by atoms with Crippen LogP contribution in [0, 0.1) is 6.92 Å². The molecular weight excluding hydrogens is 402 g/mol. The molecule has 0 radical (unpaired) electrons. The first-order chi connectivity index (χ1) is 15.5. The molecule has 0 fully saturated rings. The van der Waals surface area contributed by atoms with Gasteiger partial charge in [-0.05, 0) is 36.6 Å². The summed E-state index contributed by atoms with van der Waals surface area (Å²) >= 11 is 0. The third kappa shape index (κ3) is 4.02. The predicted octanol–water partition coefficient (Wildman–Crippen LogP) is 5.11. The number of Topliss-reactive ketones (excluding diaryl/α,β-unsaturated/α-hetero) is 1. The number of hydrogen-bond acceptors (Lipinski definition) is 4. The molecule has 3 aromatic rings. The summed E-state index contributed by atoms with van der Waals surface area (Å²) in [6, 6.07) is 23.7. The molecule has 1 heterocycles. The monoisotopic (exact) mass is 427 g/mol. The maximum Gasteiger partial charge on any atom is 0.294 e. The minimum absolute atomic E-state index is 0.127. The number of nitrogens with zero attached hydrogens (tertiary/aromatic N) is 1. The average Bonchev–Trinajstić information content (AvgIpc) is 3.08. The summed E-state index contributed by atoms with van der Waals surface area (Å²) in [4.78, 5) is 28.0. The second-order valence-electron chi connectivity index (χ2n) is 7.83. The molecule has 0 aliphatic carbocycles. The Bertz CT molecular complexity index is 1180. The lowest BCUT2D eigenvalue weighted by molar-refractivity contribution is -0.118. The van der Waals surface area contributed by atoms with Gasteiger partial charge in [-0.25, -0.2) is 0 Å². The number of ketones is 1.